The van der Waals surface area contributed by atoms with Crippen LogP contribution in [0, 0.1) is 11.2 Å². The van der Waals surface area contributed by atoms with Gasteiger partial charge < -0.3 is 10.4 Å². The van der Waals surface area contributed by atoms with Gasteiger partial charge in [0.1, 0.15) is 5.82 Å². The molecule has 0 aliphatic heterocycles. The van der Waals surface area contributed by atoms with Gasteiger partial charge in [-0.15, -0.1) is 0 Å². The van der Waals surface area contributed by atoms with Crippen LogP contribution in [0.5, 0.6) is 0 Å². The standard InChI is InChI=1S/C13H13F4NO3/c1-12(2,11(20)21)6-18-10(19)8-4-3-7(14)5-9(8)13(15,16)17/h3-5H,6H2,1-2H3,(H,18,19)(H,20,21). The minimum absolute atomic E-state index is 0.219. The Labute approximate surface area is 117 Å². The summed E-state index contributed by atoms with van der Waals surface area (Å²) in [5.41, 5.74) is -3.51. The molecule has 2 N–H and O–H groups in total. The maximum Gasteiger partial charge on any atom is 0.417 e. The Balaban J connectivity index is 3.01. The highest BCUT2D eigenvalue weighted by Gasteiger charge is 2.36. The smallest absolute Gasteiger partial charge is 0.417 e. The number of benzene rings is 1. The summed E-state index contributed by atoms with van der Waals surface area (Å²) in [6, 6.07) is 1.66. The fraction of sp³-hybridized carbons (Fsp3) is 0.385. The van der Waals surface area contributed by atoms with E-state index in [1.165, 1.54) is 13.8 Å². The number of amides is 1. The van der Waals surface area contributed by atoms with Crippen LogP contribution < -0.4 is 5.32 Å². The van der Waals surface area contributed by atoms with Gasteiger partial charge in [-0.05, 0) is 32.0 Å². The molecule has 116 valence electrons. The minimum atomic E-state index is -4.89. The number of carboxylic acid groups (broad SMARTS) is 1. The Kier molecular flexibility index (Phi) is 4.60. The summed E-state index contributed by atoms with van der Waals surface area (Å²) in [5, 5.41) is 11.0. The average Bonchev–Trinajstić information content (AvgIpc) is 2.34. The van der Waals surface area contributed by atoms with Crippen LogP contribution in [0.1, 0.15) is 29.8 Å². The maximum absolute atomic E-state index is 12.9. The number of hydrogen-bond donors (Lipinski definition) is 2. The zero-order chi connectivity index (χ0) is 16.4. The molecule has 0 aliphatic rings. The number of nitrogens with one attached hydrogen (secondary N) is 1. The van der Waals surface area contributed by atoms with E-state index in [0.29, 0.717) is 6.07 Å². The van der Waals surface area contributed by atoms with Gasteiger partial charge in [-0.25, -0.2) is 4.39 Å². The molecule has 0 atom stereocenters. The van der Waals surface area contributed by atoms with Crippen molar-refractivity contribution < 1.29 is 32.3 Å². The Morgan fingerprint density at radius 2 is 1.81 bits per heavy atom. The molecule has 0 aliphatic carbocycles. The van der Waals surface area contributed by atoms with E-state index in [-0.39, 0.29) is 12.6 Å². The van der Waals surface area contributed by atoms with E-state index in [0.717, 1.165) is 6.07 Å². The van der Waals surface area contributed by atoms with Crippen LogP contribution >= 0.6 is 0 Å². The van der Waals surface area contributed by atoms with Crippen molar-refractivity contribution in [3.63, 3.8) is 0 Å². The average molecular weight is 307 g/mol. The minimum Gasteiger partial charge on any atom is -0.481 e. The first-order valence-electron chi connectivity index (χ1n) is 5.83. The topological polar surface area (TPSA) is 66.4 Å². The number of carbonyl (C=O) groups is 2. The second-order valence-corrected chi connectivity index (χ2v) is 5.06. The molecule has 8 heteroatoms. The number of carboxylic acids is 1. The normalized spacial score (nSPS) is 12.1. The molecule has 21 heavy (non-hydrogen) atoms. The van der Waals surface area contributed by atoms with Crippen molar-refractivity contribution in [3.8, 4) is 0 Å². The van der Waals surface area contributed by atoms with Crippen molar-refractivity contribution in [1.82, 2.24) is 5.32 Å². The Morgan fingerprint density at radius 3 is 2.29 bits per heavy atom. The van der Waals surface area contributed by atoms with Crippen LogP contribution in [0.25, 0.3) is 0 Å². The van der Waals surface area contributed by atoms with Gasteiger partial charge in [0.05, 0.1) is 16.5 Å². The van der Waals surface area contributed by atoms with Gasteiger partial charge >= 0.3 is 12.1 Å². The lowest BCUT2D eigenvalue weighted by Gasteiger charge is -2.20. The van der Waals surface area contributed by atoms with Gasteiger partial charge in [0.25, 0.3) is 5.91 Å². The monoisotopic (exact) mass is 307 g/mol. The highest BCUT2D eigenvalue weighted by atomic mass is 19.4. The maximum atomic E-state index is 12.9. The van der Waals surface area contributed by atoms with Crippen LogP contribution in [0.4, 0.5) is 17.6 Å². The van der Waals surface area contributed by atoms with Gasteiger partial charge in [-0.1, -0.05) is 0 Å². The van der Waals surface area contributed by atoms with Crippen LogP contribution in [0.3, 0.4) is 0 Å². The van der Waals surface area contributed by atoms with Crippen molar-refractivity contribution in [1.29, 1.82) is 0 Å². The van der Waals surface area contributed by atoms with Crippen LogP contribution in [-0.4, -0.2) is 23.5 Å². The van der Waals surface area contributed by atoms with Gasteiger partial charge in [0, 0.05) is 6.54 Å². The van der Waals surface area contributed by atoms with Gasteiger partial charge in [0.15, 0.2) is 0 Å². The molecule has 0 saturated heterocycles. The largest absolute Gasteiger partial charge is 0.481 e. The van der Waals surface area contributed by atoms with Crippen LogP contribution in [-0.2, 0) is 11.0 Å². The highest BCUT2D eigenvalue weighted by molar-refractivity contribution is 5.96. The number of aliphatic carboxylic acids is 1. The van der Waals surface area contributed by atoms with Crippen molar-refractivity contribution in [2.45, 2.75) is 20.0 Å². The van der Waals surface area contributed by atoms with E-state index < -0.39 is 40.4 Å². The molecule has 0 bridgehead atoms. The molecule has 0 radical (unpaired) electrons. The SMILES string of the molecule is CC(C)(CNC(=O)c1ccc(F)cc1C(F)(F)F)C(=O)O. The van der Waals surface area contributed by atoms with E-state index in [1.54, 1.807) is 0 Å². The fourth-order valence-corrected chi connectivity index (χ4v) is 1.42. The highest BCUT2D eigenvalue weighted by Crippen LogP contribution is 2.32. The molecule has 1 rings (SSSR count). The Morgan fingerprint density at radius 1 is 1.24 bits per heavy atom. The molecular weight excluding hydrogens is 294 g/mol. The summed E-state index contributed by atoms with van der Waals surface area (Å²) in [4.78, 5) is 22.6. The molecule has 0 fully saturated rings. The first-order chi connectivity index (χ1) is 9.45. The molecule has 1 aromatic carbocycles. The summed E-state index contributed by atoms with van der Waals surface area (Å²) in [6.07, 6.45) is -4.89. The molecule has 1 amide bonds. The lowest BCUT2D eigenvalue weighted by molar-refractivity contribution is -0.146. The second-order valence-electron chi connectivity index (χ2n) is 5.06. The van der Waals surface area contributed by atoms with Crippen LogP contribution in [0.15, 0.2) is 18.2 Å². The third-order valence-corrected chi connectivity index (χ3v) is 2.80. The first kappa shape index (κ1) is 16.9. The zero-order valence-electron chi connectivity index (χ0n) is 11.2. The summed E-state index contributed by atoms with van der Waals surface area (Å²) in [6.45, 7) is 2.26. The molecule has 0 heterocycles. The number of carbonyl (C=O) groups excluding carboxylic acids is 1. The Bertz CT molecular complexity index is 567. The van der Waals surface area contributed by atoms with Crippen LogP contribution in [0.2, 0.25) is 0 Å². The number of hydrogen-bond acceptors (Lipinski definition) is 2. The second kappa shape index (κ2) is 5.71. The molecule has 0 saturated carbocycles. The quantitative estimate of drug-likeness (QED) is 0.841. The molecular formula is C13H13F4NO3. The summed E-state index contributed by atoms with van der Waals surface area (Å²) in [7, 11) is 0. The summed E-state index contributed by atoms with van der Waals surface area (Å²) >= 11 is 0. The van der Waals surface area contributed by atoms with E-state index in [9.17, 15) is 27.2 Å². The zero-order valence-corrected chi connectivity index (χ0v) is 11.2. The lowest BCUT2D eigenvalue weighted by atomic mass is 9.93. The van der Waals surface area contributed by atoms with Gasteiger partial charge in [0.2, 0.25) is 0 Å². The van der Waals surface area contributed by atoms with Crippen molar-refractivity contribution in [2.75, 3.05) is 6.54 Å². The van der Waals surface area contributed by atoms with Crippen molar-refractivity contribution in [3.05, 3.63) is 35.1 Å². The summed E-state index contributed by atoms with van der Waals surface area (Å²) in [5.74, 6) is -3.45. The van der Waals surface area contributed by atoms with E-state index in [2.05, 4.69) is 5.32 Å². The predicted molar refractivity (Wildman–Crippen MR) is 65.2 cm³/mol. The third kappa shape index (κ3) is 4.17. The number of rotatable bonds is 4. The van der Waals surface area contributed by atoms with Gasteiger partial charge in [-0.2, -0.15) is 13.2 Å². The van der Waals surface area contributed by atoms with Crippen molar-refractivity contribution in [2.24, 2.45) is 5.41 Å². The number of halogens is 4. The van der Waals surface area contributed by atoms with Crippen molar-refractivity contribution >= 4 is 11.9 Å². The fourth-order valence-electron chi connectivity index (χ4n) is 1.42. The third-order valence-electron chi connectivity index (χ3n) is 2.80. The molecule has 4 nitrogen and oxygen atoms in total. The molecule has 1 aromatic rings. The summed E-state index contributed by atoms with van der Waals surface area (Å²) < 4.78 is 51.2. The Hall–Kier alpha value is -2.12. The van der Waals surface area contributed by atoms with E-state index in [1.807, 2.05) is 0 Å². The molecule has 0 spiro atoms. The first-order valence-corrected chi connectivity index (χ1v) is 5.83. The lowest BCUT2D eigenvalue weighted by Crippen LogP contribution is -2.39. The van der Waals surface area contributed by atoms with Gasteiger partial charge in [-0.3, -0.25) is 9.59 Å². The predicted octanol–water partition coefficient (Wildman–Crippen LogP) is 2.69. The number of alkyl halides is 3. The molecule has 0 aromatic heterocycles. The van der Waals surface area contributed by atoms with E-state index >= 15 is 0 Å². The van der Waals surface area contributed by atoms with E-state index in [4.69, 9.17) is 5.11 Å². The molecule has 0 unspecified atom stereocenters.